The minimum Gasteiger partial charge on any atom is -0.493 e. The molecular weight excluding hydrogens is 505 g/mol. The highest BCUT2D eigenvalue weighted by Gasteiger charge is 2.39. The maximum Gasteiger partial charge on any atom is 0.195 e. The summed E-state index contributed by atoms with van der Waals surface area (Å²) >= 11 is 0. The van der Waals surface area contributed by atoms with E-state index in [9.17, 15) is 0 Å². The van der Waals surface area contributed by atoms with Crippen LogP contribution in [0.3, 0.4) is 0 Å². The van der Waals surface area contributed by atoms with Gasteiger partial charge in [0.15, 0.2) is 17.5 Å². The number of hydrogen-bond acceptors (Lipinski definition) is 5. The van der Waals surface area contributed by atoms with Gasteiger partial charge >= 0.3 is 0 Å². The van der Waals surface area contributed by atoms with Crippen LogP contribution in [0.4, 0.5) is 5.69 Å². The largest absolute Gasteiger partial charge is 0.493 e. The molecule has 2 heterocycles. The normalized spacial score (nSPS) is 19.9. The van der Waals surface area contributed by atoms with E-state index in [0.29, 0.717) is 6.61 Å². The molecule has 0 aromatic heterocycles. The quantitative estimate of drug-likeness (QED) is 0.310. The van der Waals surface area contributed by atoms with Crippen molar-refractivity contribution in [3.05, 3.63) is 18.2 Å². The molecule has 2 aliphatic rings. The van der Waals surface area contributed by atoms with Crippen LogP contribution in [0.25, 0.3) is 0 Å². The number of nitrogens with zero attached hydrogens (tertiary/aromatic N) is 3. The molecule has 8 heteroatoms. The molecule has 2 aliphatic heterocycles. The first kappa shape index (κ1) is 26.0. The van der Waals surface area contributed by atoms with Crippen molar-refractivity contribution >= 4 is 35.6 Å². The average Bonchev–Trinajstić information content (AvgIpc) is 2.79. The summed E-state index contributed by atoms with van der Waals surface area (Å²) in [6, 6.07) is 5.88. The van der Waals surface area contributed by atoms with Crippen LogP contribution in [0, 0.1) is 0 Å². The molecule has 31 heavy (non-hydrogen) atoms. The lowest BCUT2D eigenvalue weighted by Gasteiger charge is -2.50. The number of nitrogens with one attached hydrogen (secondary N) is 2. The summed E-state index contributed by atoms with van der Waals surface area (Å²) in [5.74, 6) is 2.26. The summed E-state index contributed by atoms with van der Waals surface area (Å²) < 4.78 is 11.1. The fourth-order valence-corrected chi connectivity index (χ4v) is 4.59. The Labute approximate surface area is 205 Å². The number of aliphatic imine (C=N–C) groups is 1. The fraction of sp³-hybridized carbons (Fsp3) is 0.696. The number of guanidine groups is 1. The van der Waals surface area contributed by atoms with Crippen LogP contribution in [0.1, 0.15) is 39.0 Å². The molecule has 176 valence electrons. The number of piperidine rings is 2. The number of benzene rings is 1. The van der Waals surface area contributed by atoms with Gasteiger partial charge in [-0.2, -0.15) is 0 Å². The van der Waals surface area contributed by atoms with Crippen molar-refractivity contribution in [3.63, 3.8) is 0 Å². The highest BCUT2D eigenvalue weighted by atomic mass is 127. The molecule has 0 bridgehead atoms. The van der Waals surface area contributed by atoms with E-state index in [2.05, 4.69) is 32.5 Å². The van der Waals surface area contributed by atoms with Crippen LogP contribution >= 0.6 is 24.0 Å². The van der Waals surface area contributed by atoms with Crippen molar-refractivity contribution in [2.24, 2.45) is 4.99 Å². The second-order valence-corrected chi connectivity index (χ2v) is 8.42. The molecule has 0 atom stereocenters. The van der Waals surface area contributed by atoms with Crippen LogP contribution < -0.4 is 20.1 Å². The Morgan fingerprint density at radius 3 is 2.42 bits per heavy atom. The van der Waals surface area contributed by atoms with Crippen LogP contribution in [-0.2, 0) is 0 Å². The summed E-state index contributed by atoms with van der Waals surface area (Å²) in [5, 5.41) is 7.05. The third-order valence-electron chi connectivity index (χ3n) is 6.48. The minimum atomic E-state index is 0. The number of anilines is 1. The van der Waals surface area contributed by atoms with Gasteiger partial charge in [-0.1, -0.05) is 6.42 Å². The molecule has 0 unspecified atom stereocenters. The van der Waals surface area contributed by atoms with Crippen molar-refractivity contribution in [2.45, 2.75) is 44.6 Å². The van der Waals surface area contributed by atoms with E-state index < -0.39 is 0 Å². The summed E-state index contributed by atoms with van der Waals surface area (Å²) in [5.41, 5.74) is 1.14. The van der Waals surface area contributed by atoms with Crippen molar-refractivity contribution in [1.82, 2.24) is 15.1 Å². The highest BCUT2D eigenvalue weighted by Crippen LogP contribution is 2.32. The molecule has 0 radical (unpaired) electrons. The third-order valence-corrected chi connectivity index (χ3v) is 6.48. The number of ether oxygens (including phenoxy) is 2. The Balaban J connectivity index is 0.00000341. The van der Waals surface area contributed by atoms with E-state index in [-0.39, 0.29) is 29.5 Å². The van der Waals surface area contributed by atoms with E-state index in [0.717, 1.165) is 42.8 Å². The average molecular weight is 546 g/mol. The van der Waals surface area contributed by atoms with Gasteiger partial charge in [-0.05, 0) is 78.0 Å². The molecular formula is C23H40IN5O2. The molecule has 0 amide bonds. The molecule has 0 saturated carbocycles. The first-order chi connectivity index (χ1) is 14.6. The zero-order chi connectivity index (χ0) is 21.4. The zero-order valence-corrected chi connectivity index (χ0v) is 21.9. The minimum absolute atomic E-state index is 0. The van der Waals surface area contributed by atoms with Crippen LogP contribution in [0.2, 0.25) is 0 Å². The molecule has 2 fully saturated rings. The molecule has 1 aromatic carbocycles. The molecule has 2 N–H and O–H groups in total. The van der Waals surface area contributed by atoms with E-state index >= 15 is 0 Å². The van der Waals surface area contributed by atoms with Gasteiger partial charge in [-0.15, -0.1) is 24.0 Å². The number of rotatable bonds is 7. The van der Waals surface area contributed by atoms with Gasteiger partial charge in [0, 0.05) is 30.9 Å². The third kappa shape index (κ3) is 6.86. The second kappa shape index (κ2) is 12.7. The van der Waals surface area contributed by atoms with Crippen molar-refractivity contribution in [3.8, 4) is 11.5 Å². The topological polar surface area (TPSA) is 61.4 Å². The zero-order valence-electron chi connectivity index (χ0n) is 19.6. The van der Waals surface area contributed by atoms with E-state index in [1.165, 1.54) is 45.2 Å². The van der Waals surface area contributed by atoms with Gasteiger partial charge in [0.2, 0.25) is 0 Å². The maximum atomic E-state index is 5.71. The van der Waals surface area contributed by atoms with Gasteiger partial charge in [-0.3, -0.25) is 9.89 Å². The monoisotopic (exact) mass is 545 g/mol. The summed E-state index contributed by atoms with van der Waals surface area (Å²) in [6.07, 6.45) is 6.39. The first-order valence-electron chi connectivity index (χ1n) is 11.3. The lowest BCUT2D eigenvalue weighted by Crippen LogP contribution is -2.61. The van der Waals surface area contributed by atoms with Gasteiger partial charge in [0.05, 0.1) is 13.7 Å². The van der Waals surface area contributed by atoms with Gasteiger partial charge in [0.25, 0.3) is 0 Å². The molecule has 0 spiro atoms. The standard InChI is InChI=1S/C23H39N5O2.HI/c1-5-30-21-17-19(9-10-20(21)29-4)26-22(24-2)25-18-23(11-15-27(3)16-12-23)28-13-7-6-8-14-28;/h9-10,17H,5-8,11-16,18H2,1-4H3,(H2,24,25,26);1H. The van der Waals surface area contributed by atoms with Crippen LogP contribution in [0.5, 0.6) is 11.5 Å². The van der Waals surface area contributed by atoms with Crippen molar-refractivity contribution in [2.75, 3.05) is 65.9 Å². The number of halogens is 1. The fourth-order valence-electron chi connectivity index (χ4n) is 4.59. The smallest absolute Gasteiger partial charge is 0.195 e. The van der Waals surface area contributed by atoms with E-state index in [4.69, 9.17) is 9.47 Å². The molecule has 7 nitrogen and oxygen atoms in total. The molecule has 2 saturated heterocycles. The van der Waals surface area contributed by atoms with Crippen LogP contribution in [-0.4, -0.2) is 81.8 Å². The summed E-state index contributed by atoms with van der Waals surface area (Å²) in [6.45, 7) is 8.22. The summed E-state index contributed by atoms with van der Waals surface area (Å²) in [4.78, 5) is 9.66. The number of likely N-dealkylation sites (tertiary alicyclic amines) is 2. The SMILES string of the molecule is CCOc1cc(NC(=NC)NCC2(N3CCCCC3)CCN(C)CC2)ccc1OC.I. The Morgan fingerprint density at radius 2 is 1.81 bits per heavy atom. The molecule has 0 aliphatic carbocycles. The highest BCUT2D eigenvalue weighted by molar-refractivity contribution is 14.0. The second-order valence-electron chi connectivity index (χ2n) is 8.42. The first-order valence-corrected chi connectivity index (χ1v) is 11.3. The molecule has 1 aromatic rings. The maximum absolute atomic E-state index is 5.71. The van der Waals surface area contributed by atoms with Crippen LogP contribution in [0.15, 0.2) is 23.2 Å². The predicted octanol–water partition coefficient (Wildman–Crippen LogP) is 3.65. The Hall–Kier alpha value is -1.26. The summed E-state index contributed by atoms with van der Waals surface area (Å²) in [7, 11) is 5.71. The van der Waals surface area contributed by atoms with Gasteiger partial charge in [0.1, 0.15) is 0 Å². The predicted molar refractivity (Wildman–Crippen MR) is 139 cm³/mol. The molecule has 3 rings (SSSR count). The lowest BCUT2D eigenvalue weighted by atomic mass is 9.84. The van der Waals surface area contributed by atoms with E-state index in [1.807, 2.05) is 32.2 Å². The Kier molecular flexibility index (Phi) is 10.6. The van der Waals surface area contributed by atoms with E-state index in [1.54, 1.807) is 7.11 Å². The van der Waals surface area contributed by atoms with Gasteiger partial charge < -0.3 is 25.0 Å². The number of hydrogen-bond donors (Lipinski definition) is 2. The Bertz CT molecular complexity index is 701. The van der Waals surface area contributed by atoms with Crippen molar-refractivity contribution < 1.29 is 9.47 Å². The lowest BCUT2D eigenvalue weighted by molar-refractivity contribution is 0.0174. The van der Waals surface area contributed by atoms with Crippen molar-refractivity contribution in [1.29, 1.82) is 0 Å². The van der Waals surface area contributed by atoms with Gasteiger partial charge in [-0.25, -0.2) is 0 Å². The Morgan fingerprint density at radius 1 is 1.10 bits per heavy atom. The number of methoxy groups -OCH3 is 1.